The van der Waals surface area contributed by atoms with Crippen molar-refractivity contribution < 1.29 is 13.5 Å². The van der Waals surface area contributed by atoms with Gasteiger partial charge in [0.15, 0.2) is 0 Å². The van der Waals surface area contributed by atoms with Crippen LogP contribution in [0.2, 0.25) is 0 Å². The van der Waals surface area contributed by atoms with Gasteiger partial charge in [-0.1, -0.05) is 26.2 Å². The molecule has 4 nitrogen and oxygen atoms in total. The van der Waals surface area contributed by atoms with E-state index in [1.54, 1.807) is 0 Å². The van der Waals surface area contributed by atoms with E-state index in [9.17, 15) is 8.42 Å². The molecule has 0 saturated heterocycles. The SMILES string of the molecule is CCC1CCCC(NS(=O)(=O)CCO)C1. The van der Waals surface area contributed by atoms with Gasteiger partial charge in [-0.05, 0) is 18.8 Å². The quantitative estimate of drug-likeness (QED) is 0.743. The Labute approximate surface area is 92.1 Å². The zero-order valence-electron chi connectivity index (χ0n) is 9.28. The molecule has 0 radical (unpaired) electrons. The summed E-state index contributed by atoms with van der Waals surface area (Å²) < 4.78 is 25.5. The van der Waals surface area contributed by atoms with E-state index in [-0.39, 0.29) is 18.4 Å². The predicted molar refractivity (Wildman–Crippen MR) is 60.0 cm³/mol. The molecule has 1 saturated carbocycles. The van der Waals surface area contributed by atoms with Gasteiger partial charge in [0, 0.05) is 6.04 Å². The van der Waals surface area contributed by atoms with Crippen LogP contribution in [0, 0.1) is 5.92 Å². The van der Waals surface area contributed by atoms with Crippen LogP contribution >= 0.6 is 0 Å². The Kier molecular flexibility index (Phi) is 5.02. The zero-order valence-corrected chi connectivity index (χ0v) is 10.1. The molecule has 0 aromatic rings. The Morgan fingerprint density at radius 2 is 2.13 bits per heavy atom. The van der Waals surface area contributed by atoms with Crippen LogP contribution in [-0.4, -0.2) is 31.9 Å². The van der Waals surface area contributed by atoms with Crippen LogP contribution in [0.15, 0.2) is 0 Å². The third kappa shape index (κ3) is 4.49. The van der Waals surface area contributed by atoms with E-state index in [1.807, 2.05) is 0 Å². The number of hydrogen-bond donors (Lipinski definition) is 2. The topological polar surface area (TPSA) is 66.4 Å². The lowest BCUT2D eigenvalue weighted by atomic mass is 9.85. The molecular weight excluding hydrogens is 214 g/mol. The van der Waals surface area contributed by atoms with Gasteiger partial charge in [-0.25, -0.2) is 13.1 Å². The molecule has 0 amide bonds. The Bertz CT molecular complexity index is 276. The summed E-state index contributed by atoms with van der Waals surface area (Å²) >= 11 is 0. The smallest absolute Gasteiger partial charge is 0.214 e. The first-order valence-electron chi connectivity index (χ1n) is 5.68. The Morgan fingerprint density at radius 1 is 1.40 bits per heavy atom. The first kappa shape index (κ1) is 12.9. The second kappa shape index (κ2) is 5.82. The highest BCUT2D eigenvalue weighted by Crippen LogP contribution is 2.26. The van der Waals surface area contributed by atoms with Crippen molar-refractivity contribution in [3.05, 3.63) is 0 Å². The van der Waals surface area contributed by atoms with Gasteiger partial charge >= 0.3 is 0 Å². The molecule has 0 aromatic carbocycles. The molecule has 0 heterocycles. The summed E-state index contributed by atoms with van der Waals surface area (Å²) in [5, 5.41) is 8.61. The van der Waals surface area contributed by atoms with E-state index < -0.39 is 10.0 Å². The van der Waals surface area contributed by atoms with Crippen molar-refractivity contribution in [2.75, 3.05) is 12.4 Å². The second-order valence-electron chi connectivity index (χ2n) is 4.30. The van der Waals surface area contributed by atoms with Crippen molar-refractivity contribution in [3.63, 3.8) is 0 Å². The van der Waals surface area contributed by atoms with E-state index in [1.165, 1.54) is 6.42 Å². The Morgan fingerprint density at radius 3 is 2.73 bits per heavy atom. The van der Waals surface area contributed by atoms with E-state index in [0.29, 0.717) is 5.92 Å². The number of nitrogens with one attached hydrogen (secondary N) is 1. The monoisotopic (exact) mass is 235 g/mol. The van der Waals surface area contributed by atoms with Gasteiger partial charge in [0.25, 0.3) is 0 Å². The van der Waals surface area contributed by atoms with Gasteiger partial charge in [0.1, 0.15) is 0 Å². The molecule has 2 unspecified atom stereocenters. The van der Waals surface area contributed by atoms with E-state index in [2.05, 4.69) is 11.6 Å². The minimum Gasteiger partial charge on any atom is -0.395 e. The van der Waals surface area contributed by atoms with Crippen molar-refractivity contribution in [1.82, 2.24) is 4.72 Å². The second-order valence-corrected chi connectivity index (χ2v) is 6.17. The van der Waals surface area contributed by atoms with Crippen molar-refractivity contribution in [3.8, 4) is 0 Å². The molecule has 0 aliphatic heterocycles. The average Bonchev–Trinajstić information content (AvgIpc) is 2.17. The fraction of sp³-hybridized carbons (Fsp3) is 1.00. The zero-order chi connectivity index (χ0) is 11.3. The molecule has 90 valence electrons. The van der Waals surface area contributed by atoms with Crippen molar-refractivity contribution >= 4 is 10.0 Å². The number of aliphatic hydroxyl groups is 1. The number of aliphatic hydroxyl groups excluding tert-OH is 1. The van der Waals surface area contributed by atoms with E-state index >= 15 is 0 Å². The van der Waals surface area contributed by atoms with Crippen molar-refractivity contribution in [2.24, 2.45) is 5.92 Å². The molecule has 5 heteroatoms. The molecule has 2 atom stereocenters. The molecule has 0 bridgehead atoms. The predicted octanol–water partition coefficient (Wildman–Crippen LogP) is 0.867. The van der Waals surface area contributed by atoms with Gasteiger partial charge in [-0.2, -0.15) is 0 Å². The molecule has 0 aromatic heterocycles. The minimum absolute atomic E-state index is 0.0836. The van der Waals surface area contributed by atoms with Crippen LogP contribution in [0.5, 0.6) is 0 Å². The van der Waals surface area contributed by atoms with Gasteiger partial charge < -0.3 is 5.11 Å². The maximum atomic E-state index is 11.4. The lowest BCUT2D eigenvalue weighted by molar-refractivity contribution is 0.298. The molecule has 1 aliphatic rings. The van der Waals surface area contributed by atoms with Gasteiger partial charge in [0.05, 0.1) is 12.4 Å². The third-order valence-electron chi connectivity index (χ3n) is 3.07. The molecule has 0 spiro atoms. The summed E-state index contributed by atoms with van der Waals surface area (Å²) in [5.74, 6) is 0.473. The highest BCUT2D eigenvalue weighted by atomic mass is 32.2. The molecule has 1 aliphatic carbocycles. The molecular formula is C10H21NO3S. The number of hydrogen-bond acceptors (Lipinski definition) is 3. The van der Waals surface area contributed by atoms with Crippen LogP contribution in [0.1, 0.15) is 39.0 Å². The maximum absolute atomic E-state index is 11.4. The van der Waals surface area contributed by atoms with E-state index in [4.69, 9.17) is 5.11 Å². The first-order valence-corrected chi connectivity index (χ1v) is 7.33. The van der Waals surface area contributed by atoms with Crippen LogP contribution in [0.4, 0.5) is 0 Å². The lowest BCUT2D eigenvalue weighted by Crippen LogP contribution is -2.40. The van der Waals surface area contributed by atoms with Crippen molar-refractivity contribution in [2.45, 2.75) is 45.1 Å². The van der Waals surface area contributed by atoms with Crippen LogP contribution in [0.3, 0.4) is 0 Å². The Balaban J connectivity index is 2.44. The molecule has 15 heavy (non-hydrogen) atoms. The summed E-state index contributed by atoms with van der Waals surface area (Å²) in [6, 6.07) is 0.0836. The van der Waals surface area contributed by atoms with Gasteiger partial charge in [-0.3, -0.25) is 0 Å². The molecule has 1 fully saturated rings. The van der Waals surface area contributed by atoms with Crippen LogP contribution in [0.25, 0.3) is 0 Å². The summed E-state index contributed by atoms with van der Waals surface area (Å²) in [7, 11) is -3.26. The summed E-state index contributed by atoms with van der Waals surface area (Å²) in [4.78, 5) is 0. The first-order chi connectivity index (χ1) is 7.07. The summed E-state index contributed by atoms with van der Waals surface area (Å²) in [6.07, 6.45) is 5.32. The van der Waals surface area contributed by atoms with Crippen molar-refractivity contribution in [1.29, 1.82) is 0 Å². The largest absolute Gasteiger partial charge is 0.395 e. The van der Waals surface area contributed by atoms with Gasteiger partial charge in [-0.15, -0.1) is 0 Å². The number of sulfonamides is 1. The lowest BCUT2D eigenvalue weighted by Gasteiger charge is -2.28. The fourth-order valence-electron chi connectivity index (χ4n) is 2.20. The van der Waals surface area contributed by atoms with Gasteiger partial charge in [0.2, 0.25) is 10.0 Å². The molecule has 2 N–H and O–H groups in total. The standard InChI is InChI=1S/C10H21NO3S/c1-2-9-4-3-5-10(8-9)11-15(13,14)7-6-12/h9-12H,2-8H2,1H3. The maximum Gasteiger partial charge on any atom is 0.214 e. The highest BCUT2D eigenvalue weighted by molar-refractivity contribution is 7.89. The third-order valence-corrected chi connectivity index (χ3v) is 4.48. The average molecular weight is 235 g/mol. The fourth-order valence-corrected chi connectivity index (χ4v) is 3.28. The van der Waals surface area contributed by atoms with E-state index in [0.717, 1.165) is 25.7 Å². The van der Waals surface area contributed by atoms with Crippen LogP contribution in [-0.2, 0) is 10.0 Å². The summed E-state index contributed by atoms with van der Waals surface area (Å²) in [5.41, 5.74) is 0. The highest BCUT2D eigenvalue weighted by Gasteiger charge is 2.24. The minimum atomic E-state index is -3.26. The van der Waals surface area contributed by atoms with Crippen LogP contribution < -0.4 is 4.72 Å². The number of rotatable bonds is 5. The Hall–Kier alpha value is -0.130. The normalized spacial score (nSPS) is 27.9. The summed E-state index contributed by atoms with van der Waals surface area (Å²) in [6.45, 7) is 1.84. The molecule has 1 rings (SSSR count).